The van der Waals surface area contributed by atoms with E-state index in [4.69, 9.17) is 34.3 Å². The van der Waals surface area contributed by atoms with Gasteiger partial charge in [-0.25, -0.2) is 0 Å². The predicted octanol–water partition coefficient (Wildman–Crippen LogP) is 6.26. The summed E-state index contributed by atoms with van der Waals surface area (Å²) in [5, 5.41) is 24.3. The van der Waals surface area contributed by atoms with Gasteiger partial charge in [0.15, 0.2) is 0 Å². The molecule has 0 aliphatic heterocycles. The molecule has 3 N–H and O–H groups in total. The largest absolute Gasteiger partial charge is 0.481 e. The smallest absolute Gasteiger partial charge is 0.306 e. The highest BCUT2D eigenvalue weighted by Crippen LogP contribution is 2.17. The molecule has 0 aliphatic rings. The minimum absolute atomic E-state index is 0.0372. The second-order valence-electron chi connectivity index (χ2n) is 12.5. The number of azide groups is 1. The van der Waals surface area contributed by atoms with Gasteiger partial charge in [-0.1, -0.05) is 82.2 Å². The van der Waals surface area contributed by atoms with Crippen LogP contribution in [0.1, 0.15) is 122 Å². The average Bonchev–Trinajstić information content (AvgIpc) is 3.10. The molecule has 0 unspecified atom stereocenters. The summed E-state index contributed by atoms with van der Waals surface area (Å²) < 4.78 is 26.8. The Labute approximate surface area is 304 Å². The molecule has 0 fully saturated rings. The van der Waals surface area contributed by atoms with Gasteiger partial charge in [0.1, 0.15) is 5.78 Å². The number of aliphatic carboxylic acids is 2. The number of ketones is 1. The van der Waals surface area contributed by atoms with Gasteiger partial charge in [-0.3, -0.25) is 19.2 Å². The lowest BCUT2D eigenvalue weighted by Gasteiger charge is -2.12. The first-order chi connectivity index (χ1) is 24.9. The number of hydrogen-bond acceptors (Lipinski definition) is 10. The van der Waals surface area contributed by atoms with Gasteiger partial charge in [-0.15, -0.1) is 0 Å². The van der Waals surface area contributed by atoms with E-state index >= 15 is 0 Å². The van der Waals surface area contributed by atoms with Crippen LogP contribution in [0.4, 0.5) is 0 Å². The highest BCUT2D eigenvalue weighted by atomic mass is 16.6. The fourth-order valence-corrected chi connectivity index (χ4v) is 5.20. The third-order valence-corrected chi connectivity index (χ3v) is 8.09. The average molecular weight is 731 g/mol. The van der Waals surface area contributed by atoms with E-state index in [1.807, 2.05) is 0 Å². The van der Waals surface area contributed by atoms with Crippen molar-refractivity contribution in [3.05, 3.63) is 10.4 Å². The third kappa shape index (κ3) is 38.3. The van der Waals surface area contributed by atoms with E-state index in [-0.39, 0.29) is 37.4 Å². The van der Waals surface area contributed by atoms with Crippen molar-refractivity contribution in [3.8, 4) is 0 Å². The molecule has 0 bridgehead atoms. The second-order valence-corrected chi connectivity index (χ2v) is 12.5. The van der Waals surface area contributed by atoms with E-state index in [2.05, 4.69) is 15.3 Å². The van der Waals surface area contributed by atoms with Gasteiger partial charge in [-0.2, -0.15) is 0 Å². The van der Waals surface area contributed by atoms with Crippen LogP contribution in [0.5, 0.6) is 0 Å². The summed E-state index contributed by atoms with van der Waals surface area (Å²) in [6.45, 7) is 4.61. The van der Waals surface area contributed by atoms with E-state index in [9.17, 15) is 24.3 Å². The lowest BCUT2D eigenvalue weighted by Crippen LogP contribution is -2.29. The maximum absolute atomic E-state index is 12.4. The lowest BCUT2D eigenvalue weighted by molar-refractivity contribution is -0.144. The highest BCUT2D eigenvalue weighted by Gasteiger charge is 2.22. The SMILES string of the molecule is [N-]=[N+]=NCCOCCOCCOCCOCCOCCNC(=O)CC[C@H](CC(=O)CCCCCCCCCCCCCCCCC(=O)O)C(=O)O. The maximum Gasteiger partial charge on any atom is 0.306 e. The Morgan fingerprint density at radius 3 is 1.41 bits per heavy atom. The standard InChI is InChI=1S/C36H66N4O11/c37-40-39-20-22-48-24-26-50-28-30-51-29-27-49-25-23-47-21-19-38-34(42)18-17-32(36(45)46)31-33(41)15-13-11-9-7-5-3-1-2-4-6-8-10-12-14-16-35(43)44/h32H,1-31H2,(H,38,42)(H,43,44)(H,45,46)/t32-/m1/s1. The van der Waals surface area contributed by atoms with Crippen LogP contribution in [0.25, 0.3) is 10.4 Å². The number of carbonyl (C=O) groups excluding carboxylic acids is 2. The number of rotatable bonds is 41. The van der Waals surface area contributed by atoms with E-state index in [1.165, 1.54) is 44.9 Å². The zero-order valence-corrected chi connectivity index (χ0v) is 30.9. The van der Waals surface area contributed by atoms with E-state index in [0.29, 0.717) is 85.6 Å². The molecule has 0 radical (unpaired) electrons. The molecule has 296 valence electrons. The molecule has 0 aromatic rings. The van der Waals surface area contributed by atoms with E-state index in [0.717, 1.165) is 44.9 Å². The Morgan fingerprint density at radius 2 is 0.980 bits per heavy atom. The number of hydrogen-bond donors (Lipinski definition) is 3. The minimum Gasteiger partial charge on any atom is -0.481 e. The molecule has 15 heteroatoms. The van der Waals surface area contributed by atoms with Gasteiger partial charge in [0.25, 0.3) is 0 Å². The topological polar surface area (TPSA) is 216 Å². The summed E-state index contributed by atoms with van der Waals surface area (Å²) in [5.41, 5.74) is 8.15. The molecule has 0 aromatic carbocycles. The molecule has 0 aliphatic carbocycles. The van der Waals surface area contributed by atoms with Gasteiger partial charge < -0.3 is 39.2 Å². The first-order valence-corrected chi connectivity index (χ1v) is 19.0. The Morgan fingerprint density at radius 1 is 0.569 bits per heavy atom. The van der Waals surface area contributed by atoms with Crippen LogP contribution in [0.2, 0.25) is 0 Å². The quantitative estimate of drug-likeness (QED) is 0.0276. The first kappa shape index (κ1) is 48.2. The Bertz CT molecular complexity index is 920. The molecule has 0 aromatic heterocycles. The summed E-state index contributed by atoms with van der Waals surface area (Å²) in [6.07, 6.45) is 16.3. The molecule has 0 spiro atoms. The van der Waals surface area contributed by atoms with Crippen molar-refractivity contribution in [2.75, 3.05) is 79.2 Å². The van der Waals surface area contributed by atoms with Crippen molar-refractivity contribution in [1.29, 1.82) is 0 Å². The second kappa shape index (κ2) is 38.4. The van der Waals surface area contributed by atoms with Crippen molar-refractivity contribution in [2.24, 2.45) is 11.0 Å². The summed E-state index contributed by atoms with van der Waals surface area (Å²) in [6, 6.07) is 0. The summed E-state index contributed by atoms with van der Waals surface area (Å²) >= 11 is 0. The van der Waals surface area contributed by atoms with Crippen molar-refractivity contribution in [1.82, 2.24) is 5.32 Å². The molecule has 0 saturated carbocycles. The number of Topliss-reactive ketones (excluding diaryl/α,β-unsaturated/α-hetero) is 1. The number of ether oxygens (including phenoxy) is 5. The van der Waals surface area contributed by atoms with Gasteiger partial charge in [-0.05, 0) is 24.8 Å². The first-order valence-electron chi connectivity index (χ1n) is 19.0. The monoisotopic (exact) mass is 730 g/mol. The van der Waals surface area contributed by atoms with Crippen LogP contribution >= 0.6 is 0 Å². The van der Waals surface area contributed by atoms with Crippen LogP contribution in [0.15, 0.2) is 5.11 Å². The zero-order valence-electron chi connectivity index (χ0n) is 30.9. The summed E-state index contributed by atoms with van der Waals surface area (Å²) in [7, 11) is 0. The van der Waals surface area contributed by atoms with Crippen molar-refractivity contribution in [2.45, 2.75) is 122 Å². The van der Waals surface area contributed by atoms with Crippen LogP contribution in [0, 0.1) is 5.92 Å². The molecular formula is C36H66N4O11. The number of unbranched alkanes of at least 4 members (excludes halogenated alkanes) is 13. The number of nitrogens with zero attached hydrogens (tertiary/aromatic N) is 3. The molecule has 15 nitrogen and oxygen atoms in total. The fraction of sp³-hybridized carbons (Fsp3) is 0.889. The van der Waals surface area contributed by atoms with Crippen LogP contribution in [-0.4, -0.2) is 113 Å². The molecule has 0 rings (SSSR count). The Kier molecular flexibility index (Phi) is 36.3. The van der Waals surface area contributed by atoms with E-state index in [1.54, 1.807) is 0 Å². The number of carboxylic acids is 2. The summed E-state index contributed by atoms with van der Waals surface area (Å²) in [5.74, 6) is -2.93. The third-order valence-electron chi connectivity index (χ3n) is 8.09. The van der Waals surface area contributed by atoms with Crippen LogP contribution in [0.3, 0.4) is 0 Å². The fourth-order valence-electron chi connectivity index (χ4n) is 5.20. The predicted molar refractivity (Wildman–Crippen MR) is 193 cm³/mol. The van der Waals surface area contributed by atoms with Crippen molar-refractivity contribution >= 4 is 23.6 Å². The maximum atomic E-state index is 12.4. The van der Waals surface area contributed by atoms with Crippen LogP contribution < -0.4 is 5.32 Å². The molecular weight excluding hydrogens is 664 g/mol. The molecule has 1 atom stereocenters. The molecule has 0 saturated heterocycles. The highest BCUT2D eigenvalue weighted by molar-refractivity contribution is 5.84. The number of nitrogens with one attached hydrogen (secondary N) is 1. The Hall–Kier alpha value is -2.81. The minimum atomic E-state index is -1.05. The lowest BCUT2D eigenvalue weighted by atomic mass is 9.94. The van der Waals surface area contributed by atoms with Crippen LogP contribution in [-0.2, 0) is 42.9 Å². The normalized spacial score (nSPS) is 11.6. The van der Waals surface area contributed by atoms with Crippen molar-refractivity contribution < 1.29 is 53.1 Å². The number of amides is 1. The van der Waals surface area contributed by atoms with Gasteiger partial charge in [0.05, 0.1) is 72.0 Å². The van der Waals surface area contributed by atoms with Crippen molar-refractivity contribution in [3.63, 3.8) is 0 Å². The van der Waals surface area contributed by atoms with Gasteiger partial charge in [0, 0.05) is 43.7 Å². The van der Waals surface area contributed by atoms with Gasteiger partial charge in [0.2, 0.25) is 5.91 Å². The number of carboxylic acid groups (broad SMARTS) is 2. The molecule has 1 amide bonds. The summed E-state index contributed by atoms with van der Waals surface area (Å²) in [4.78, 5) is 49.3. The Balaban J connectivity index is 3.58. The zero-order chi connectivity index (χ0) is 37.5. The molecule has 0 heterocycles. The van der Waals surface area contributed by atoms with E-state index < -0.39 is 17.9 Å². The number of carbonyl (C=O) groups is 4. The van der Waals surface area contributed by atoms with Gasteiger partial charge >= 0.3 is 11.9 Å². The molecule has 51 heavy (non-hydrogen) atoms.